The third-order valence-electron chi connectivity index (χ3n) is 4.03. The van der Waals surface area contributed by atoms with E-state index in [1.54, 1.807) is 0 Å². The second-order valence-electron chi connectivity index (χ2n) is 5.42. The number of halogens is 2. The molecule has 0 amide bonds. The van der Waals surface area contributed by atoms with E-state index in [1.165, 1.54) is 18.2 Å². The molecule has 5 heteroatoms. The smallest absolute Gasteiger partial charge is 0.129 e. The average molecular weight is 284 g/mol. The van der Waals surface area contributed by atoms with Gasteiger partial charge in [0.2, 0.25) is 0 Å². The predicted molar refractivity (Wildman–Crippen MR) is 74.6 cm³/mol. The lowest BCUT2D eigenvalue weighted by atomic mass is 10.1. The lowest BCUT2D eigenvalue weighted by Gasteiger charge is -2.38. The maximum absolute atomic E-state index is 13.5. The van der Waals surface area contributed by atoms with Gasteiger partial charge in [-0.3, -0.25) is 4.90 Å². The van der Waals surface area contributed by atoms with Crippen molar-refractivity contribution in [1.82, 2.24) is 9.80 Å². The van der Waals surface area contributed by atoms with Crippen LogP contribution in [0.15, 0.2) is 18.2 Å². The molecule has 2 rings (SSSR count). The second kappa shape index (κ2) is 7.11. The number of benzene rings is 1. The normalized spacial score (nSPS) is 21.3. The fourth-order valence-electron chi connectivity index (χ4n) is 2.66. The highest BCUT2D eigenvalue weighted by Gasteiger charge is 2.23. The number of aliphatic hydroxyl groups is 1. The molecule has 0 unspecified atom stereocenters. The molecule has 1 atom stereocenters. The largest absolute Gasteiger partial charge is 0.395 e. The maximum Gasteiger partial charge on any atom is 0.129 e. The zero-order valence-electron chi connectivity index (χ0n) is 11.9. The van der Waals surface area contributed by atoms with Gasteiger partial charge in [-0.2, -0.15) is 0 Å². The van der Waals surface area contributed by atoms with E-state index < -0.39 is 11.6 Å². The fourth-order valence-corrected chi connectivity index (χ4v) is 2.66. The van der Waals surface area contributed by atoms with Gasteiger partial charge >= 0.3 is 0 Å². The zero-order valence-corrected chi connectivity index (χ0v) is 11.9. The van der Waals surface area contributed by atoms with Gasteiger partial charge in [-0.25, -0.2) is 8.78 Å². The van der Waals surface area contributed by atoms with Crippen molar-refractivity contribution in [2.45, 2.75) is 18.9 Å². The molecule has 0 spiro atoms. The molecule has 1 aliphatic heterocycles. The fraction of sp³-hybridized carbons (Fsp3) is 0.600. The molecule has 1 aromatic rings. The van der Waals surface area contributed by atoms with Crippen LogP contribution in [-0.4, -0.2) is 60.8 Å². The van der Waals surface area contributed by atoms with Crippen molar-refractivity contribution in [1.29, 1.82) is 0 Å². The molecule has 0 radical (unpaired) electrons. The molecule has 1 aliphatic rings. The van der Waals surface area contributed by atoms with Crippen molar-refractivity contribution in [3.05, 3.63) is 35.4 Å². The molecule has 0 aliphatic carbocycles. The van der Waals surface area contributed by atoms with Gasteiger partial charge in [0, 0.05) is 31.2 Å². The lowest BCUT2D eigenvalue weighted by molar-refractivity contribution is 0.0572. The Bertz CT molecular complexity index is 422. The number of nitrogens with zero attached hydrogens (tertiary/aromatic N) is 2. The third-order valence-corrected chi connectivity index (χ3v) is 4.03. The van der Waals surface area contributed by atoms with E-state index in [-0.39, 0.29) is 18.2 Å². The van der Waals surface area contributed by atoms with Crippen molar-refractivity contribution in [3.63, 3.8) is 0 Å². The minimum absolute atomic E-state index is 0.148. The molecular formula is C15H22F2N2O. The third kappa shape index (κ3) is 3.75. The molecule has 1 aromatic carbocycles. The van der Waals surface area contributed by atoms with Crippen molar-refractivity contribution < 1.29 is 13.9 Å². The Hall–Kier alpha value is -1.04. The number of piperazine rings is 1. The summed E-state index contributed by atoms with van der Waals surface area (Å²) in [6, 6.07) is 4.15. The van der Waals surface area contributed by atoms with E-state index in [9.17, 15) is 13.9 Å². The van der Waals surface area contributed by atoms with E-state index in [0.29, 0.717) is 6.42 Å². The van der Waals surface area contributed by atoms with Crippen molar-refractivity contribution >= 4 is 0 Å². The molecule has 1 heterocycles. The summed E-state index contributed by atoms with van der Waals surface area (Å²) in [6.07, 6.45) is 1.13. The molecule has 3 nitrogen and oxygen atoms in total. The minimum Gasteiger partial charge on any atom is -0.395 e. The highest BCUT2D eigenvalue weighted by Crippen LogP contribution is 2.15. The van der Waals surface area contributed by atoms with Gasteiger partial charge in [-0.1, -0.05) is 6.07 Å². The summed E-state index contributed by atoms with van der Waals surface area (Å²) in [5, 5.41) is 9.29. The summed E-state index contributed by atoms with van der Waals surface area (Å²) in [6.45, 7) is 3.62. The van der Waals surface area contributed by atoms with Gasteiger partial charge in [-0.15, -0.1) is 0 Å². The first-order valence-electron chi connectivity index (χ1n) is 7.08. The minimum atomic E-state index is -0.461. The number of aliphatic hydroxyl groups excluding tert-OH is 1. The Labute approximate surface area is 118 Å². The van der Waals surface area contributed by atoms with Gasteiger partial charge in [-0.05, 0) is 38.6 Å². The highest BCUT2D eigenvalue weighted by atomic mass is 19.1. The summed E-state index contributed by atoms with van der Waals surface area (Å²) in [5.41, 5.74) is 0.181. The Morgan fingerprint density at radius 3 is 2.60 bits per heavy atom. The first-order chi connectivity index (χ1) is 9.61. The van der Waals surface area contributed by atoms with Crippen LogP contribution in [0.5, 0.6) is 0 Å². The van der Waals surface area contributed by atoms with Crippen LogP contribution in [0.4, 0.5) is 8.78 Å². The van der Waals surface area contributed by atoms with E-state index in [4.69, 9.17) is 0 Å². The van der Waals surface area contributed by atoms with Crippen LogP contribution in [0.1, 0.15) is 12.0 Å². The molecule has 1 fully saturated rings. The van der Waals surface area contributed by atoms with E-state index in [0.717, 1.165) is 32.6 Å². The summed E-state index contributed by atoms with van der Waals surface area (Å²) in [4.78, 5) is 4.40. The Morgan fingerprint density at radius 1 is 1.25 bits per heavy atom. The van der Waals surface area contributed by atoms with Crippen LogP contribution in [0.2, 0.25) is 0 Å². The second-order valence-corrected chi connectivity index (χ2v) is 5.42. The zero-order chi connectivity index (χ0) is 14.5. The molecule has 1 N–H and O–H groups in total. The molecule has 0 bridgehead atoms. The Kier molecular flexibility index (Phi) is 5.46. The van der Waals surface area contributed by atoms with Gasteiger partial charge in [0.25, 0.3) is 0 Å². The molecular weight excluding hydrogens is 262 g/mol. The van der Waals surface area contributed by atoms with Crippen LogP contribution in [0.25, 0.3) is 0 Å². The van der Waals surface area contributed by atoms with Gasteiger partial charge < -0.3 is 10.0 Å². The van der Waals surface area contributed by atoms with Gasteiger partial charge in [0.15, 0.2) is 0 Å². The van der Waals surface area contributed by atoms with Crippen molar-refractivity contribution in [3.8, 4) is 0 Å². The van der Waals surface area contributed by atoms with Gasteiger partial charge in [0.05, 0.1) is 6.61 Å². The number of rotatable bonds is 5. The van der Waals surface area contributed by atoms with Crippen LogP contribution in [0, 0.1) is 11.6 Å². The highest BCUT2D eigenvalue weighted by molar-refractivity contribution is 5.19. The maximum atomic E-state index is 13.5. The number of likely N-dealkylation sites (N-methyl/N-ethyl adjacent to an activating group) is 1. The molecule has 112 valence electrons. The first kappa shape index (κ1) is 15.4. The van der Waals surface area contributed by atoms with E-state index >= 15 is 0 Å². The van der Waals surface area contributed by atoms with Gasteiger partial charge in [0.1, 0.15) is 11.6 Å². The standard InChI is InChI=1S/C15H22F2N2O/c1-18-8-9-19(10-12(18)11-20)7-3-4-13-14(16)5-2-6-15(13)17/h2,5-6,12,20H,3-4,7-11H2,1H3/t12-/m0/s1. The molecule has 1 saturated heterocycles. The SMILES string of the molecule is CN1CCN(CCCc2c(F)cccc2F)C[C@H]1CO. The molecule has 0 saturated carbocycles. The summed E-state index contributed by atoms with van der Waals surface area (Å²) < 4.78 is 27.0. The van der Waals surface area contributed by atoms with Crippen LogP contribution in [-0.2, 0) is 6.42 Å². The first-order valence-corrected chi connectivity index (χ1v) is 7.08. The number of hydrogen-bond acceptors (Lipinski definition) is 3. The quantitative estimate of drug-likeness (QED) is 0.888. The monoisotopic (exact) mass is 284 g/mol. The molecule has 0 aromatic heterocycles. The van der Waals surface area contributed by atoms with E-state index in [1.807, 2.05) is 7.05 Å². The summed E-state index contributed by atoms with van der Waals surface area (Å²) >= 11 is 0. The predicted octanol–water partition coefficient (Wildman–Crippen LogP) is 1.51. The van der Waals surface area contributed by atoms with E-state index in [2.05, 4.69) is 9.80 Å². The van der Waals surface area contributed by atoms with Crippen molar-refractivity contribution in [2.75, 3.05) is 39.8 Å². The topological polar surface area (TPSA) is 26.7 Å². The van der Waals surface area contributed by atoms with Crippen molar-refractivity contribution in [2.24, 2.45) is 0 Å². The number of hydrogen-bond donors (Lipinski definition) is 1. The lowest BCUT2D eigenvalue weighted by Crippen LogP contribution is -2.53. The van der Waals surface area contributed by atoms with Crippen LogP contribution in [0.3, 0.4) is 0 Å². The van der Waals surface area contributed by atoms with Crippen LogP contribution >= 0.6 is 0 Å². The Morgan fingerprint density at radius 2 is 1.95 bits per heavy atom. The summed E-state index contributed by atoms with van der Waals surface area (Å²) in [7, 11) is 2.01. The average Bonchev–Trinajstić information content (AvgIpc) is 2.44. The Balaban J connectivity index is 1.81. The summed E-state index contributed by atoms with van der Waals surface area (Å²) in [5.74, 6) is -0.923. The van der Waals surface area contributed by atoms with Crippen LogP contribution < -0.4 is 0 Å². The molecule has 20 heavy (non-hydrogen) atoms.